The van der Waals surface area contributed by atoms with E-state index in [0.717, 1.165) is 0 Å². The van der Waals surface area contributed by atoms with Crippen molar-refractivity contribution in [3.8, 4) is 22.3 Å². The predicted octanol–water partition coefficient (Wildman–Crippen LogP) is 18.9. The van der Waals surface area contributed by atoms with E-state index in [9.17, 15) is 0 Å². The van der Waals surface area contributed by atoms with E-state index in [1.54, 1.807) is 0 Å². The van der Waals surface area contributed by atoms with Gasteiger partial charge in [0.15, 0.2) is 0 Å². The van der Waals surface area contributed by atoms with E-state index in [4.69, 9.17) is 0 Å². The van der Waals surface area contributed by atoms with E-state index in [0.29, 0.717) is 0 Å². The summed E-state index contributed by atoms with van der Waals surface area (Å²) in [5, 5.41) is 21.5. The number of hydrogen-bond donors (Lipinski definition) is 0. The molecule has 0 amide bonds. The Morgan fingerprint density at radius 3 is 0.750 bits per heavy atom. The van der Waals surface area contributed by atoms with Gasteiger partial charge in [0, 0.05) is 0 Å². The first kappa shape index (κ1) is 40.8. The molecular weight excluding hydrogens is 769 g/mol. The van der Waals surface area contributed by atoms with Gasteiger partial charge in [0.1, 0.15) is 0 Å². The van der Waals surface area contributed by atoms with Crippen LogP contribution in [0.25, 0.3) is 108 Å². The lowest BCUT2D eigenvalue weighted by Gasteiger charge is -2.26. The third-order valence-electron chi connectivity index (χ3n) is 14.8. The topological polar surface area (TPSA) is 0 Å². The van der Waals surface area contributed by atoms with Crippen molar-refractivity contribution in [2.45, 2.75) is 119 Å². The normalized spacial score (nSPS) is 13.5. The van der Waals surface area contributed by atoms with Gasteiger partial charge >= 0.3 is 0 Å². The molecule has 0 saturated carbocycles. The predicted molar refractivity (Wildman–Crippen MR) is 284 cm³/mol. The fourth-order valence-corrected chi connectivity index (χ4v) is 10.9. The Balaban J connectivity index is 1.28. The van der Waals surface area contributed by atoms with Crippen molar-refractivity contribution in [1.29, 1.82) is 0 Å². The van der Waals surface area contributed by atoms with Crippen molar-refractivity contribution in [3.05, 3.63) is 155 Å². The first-order chi connectivity index (χ1) is 30.0. The minimum atomic E-state index is 0.0254. The van der Waals surface area contributed by atoms with E-state index in [-0.39, 0.29) is 21.7 Å². The fraction of sp³-hybridized carbons (Fsp3) is 0.281. The Morgan fingerprint density at radius 2 is 0.453 bits per heavy atom. The molecule has 0 unspecified atom stereocenters. The molecule has 0 aromatic heterocycles. The fourth-order valence-electron chi connectivity index (χ4n) is 10.9. The molecule has 64 heavy (non-hydrogen) atoms. The largest absolute Gasteiger partial charge is 0.0587 e. The summed E-state index contributed by atoms with van der Waals surface area (Å²) in [7, 11) is 0. The van der Waals surface area contributed by atoms with Gasteiger partial charge in [0.05, 0.1) is 0 Å². The number of benzene rings is 9. The van der Waals surface area contributed by atoms with E-state index in [2.05, 4.69) is 218 Å². The number of aryl methyl sites for hydroxylation is 2. The van der Waals surface area contributed by atoms with Crippen molar-refractivity contribution < 1.29 is 0 Å². The Labute approximate surface area is 380 Å². The van der Waals surface area contributed by atoms with Gasteiger partial charge in [0.2, 0.25) is 0 Å². The lowest BCUT2D eigenvalue weighted by Crippen LogP contribution is -2.16. The molecule has 11 rings (SSSR count). The highest BCUT2D eigenvalue weighted by atomic mass is 14.3. The number of hydrogen-bond acceptors (Lipinski definition) is 0. The highest BCUT2D eigenvalue weighted by Crippen LogP contribution is 2.50. The maximum atomic E-state index is 2.54. The van der Waals surface area contributed by atoms with Gasteiger partial charge < -0.3 is 0 Å². The highest BCUT2D eigenvalue weighted by Gasteiger charge is 2.26. The van der Waals surface area contributed by atoms with Crippen molar-refractivity contribution in [2.75, 3.05) is 0 Å². The van der Waals surface area contributed by atoms with Gasteiger partial charge in [-0.25, -0.2) is 0 Å². The van der Waals surface area contributed by atoms with E-state index in [1.165, 1.54) is 142 Å². The number of fused-ring (bicyclic) bond motifs is 11. The molecule has 0 aliphatic heterocycles. The van der Waals surface area contributed by atoms with Gasteiger partial charge in [0.25, 0.3) is 0 Å². The Hall–Kier alpha value is -5.98. The first-order valence-electron chi connectivity index (χ1n) is 23.6. The molecule has 0 radical (unpaired) electrons. The van der Waals surface area contributed by atoms with Gasteiger partial charge in [-0.05, 0) is 203 Å². The Bertz CT molecular complexity index is 3430. The van der Waals surface area contributed by atoms with Crippen molar-refractivity contribution in [1.82, 2.24) is 0 Å². The summed E-state index contributed by atoms with van der Waals surface area (Å²) in [6.07, 6.45) is 0. The summed E-state index contributed by atoms with van der Waals surface area (Å²) in [5.74, 6) is 0. The Kier molecular flexibility index (Phi) is 8.47. The minimum absolute atomic E-state index is 0.0254. The zero-order chi connectivity index (χ0) is 45.2. The van der Waals surface area contributed by atoms with Crippen LogP contribution >= 0.6 is 0 Å². The quantitative estimate of drug-likeness (QED) is 0.152. The summed E-state index contributed by atoms with van der Waals surface area (Å²) in [6, 6.07) is 48.9. The SMILES string of the molecule is Cc1ccc2c(c1)c1cc(-c3cc(C(C)(C)C)cc(C(C)(C)C)c3)cc3c4ccc5c(cc6c7ccc(C)cc7c7cc(-c8cc(C(C)(C)C)cc(C(C)(C)C)c8)cc5c76)c4cc2c31. The Morgan fingerprint density at radius 1 is 0.219 bits per heavy atom. The number of rotatable bonds is 2. The molecule has 0 aliphatic carbocycles. The van der Waals surface area contributed by atoms with E-state index >= 15 is 0 Å². The maximum Gasteiger partial charge on any atom is -0.00195 e. The molecule has 0 saturated heterocycles. The molecule has 0 N–H and O–H groups in total. The van der Waals surface area contributed by atoms with Gasteiger partial charge in [-0.1, -0.05) is 179 Å². The summed E-state index contributed by atoms with van der Waals surface area (Å²) < 4.78 is 0. The molecule has 0 nitrogen and oxygen atoms in total. The molecule has 0 heteroatoms. The molecule has 11 aromatic rings. The molecule has 0 heterocycles. The minimum Gasteiger partial charge on any atom is -0.0587 e. The molecule has 0 aliphatic rings. The lowest BCUT2D eigenvalue weighted by molar-refractivity contribution is 0.568. The van der Waals surface area contributed by atoms with Crippen LogP contribution in [0.3, 0.4) is 0 Å². The van der Waals surface area contributed by atoms with Crippen molar-refractivity contribution in [3.63, 3.8) is 0 Å². The van der Waals surface area contributed by atoms with Crippen LogP contribution in [0.2, 0.25) is 0 Å². The summed E-state index contributed by atoms with van der Waals surface area (Å²) >= 11 is 0. The van der Waals surface area contributed by atoms with Crippen LogP contribution in [0.15, 0.2) is 121 Å². The van der Waals surface area contributed by atoms with Crippen LogP contribution in [0.1, 0.15) is 116 Å². The molecule has 318 valence electrons. The summed E-state index contributed by atoms with van der Waals surface area (Å²) in [5.41, 5.74) is 13.4. The van der Waals surface area contributed by atoms with Crippen LogP contribution in [0, 0.1) is 13.8 Å². The second-order valence-corrected chi connectivity index (χ2v) is 23.7. The second-order valence-electron chi connectivity index (χ2n) is 23.7. The second kappa shape index (κ2) is 13.3. The zero-order valence-electron chi connectivity index (χ0n) is 40.5. The summed E-state index contributed by atoms with van der Waals surface area (Å²) in [4.78, 5) is 0. The highest BCUT2D eigenvalue weighted by molar-refractivity contribution is 6.40. The van der Waals surface area contributed by atoms with Crippen LogP contribution in [-0.4, -0.2) is 0 Å². The monoisotopic (exact) mass is 830 g/mol. The molecular formula is C64H62. The standard InChI is InChI=1S/C64H62/c1-35-15-17-45-49(21-35)55-29-39(37-23-41(61(3,4)5)31-42(24-37)62(6,7)8)27-53-47-19-20-48-52(51(47)33-57(45)59(53)55)34-58-46-18-16-36(2)22-50(46)56-30-40(28-54(48)60(56)58)38-25-43(63(9,10)11)32-44(26-38)64(12,13)14/h15-34H,1-14H3. The lowest BCUT2D eigenvalue weighted by atomic mass is 9.78. The van der Waals surface area contributed by atoms with Gasteiger partial charge in [-0.15, -0.1) is 0 Å². The molecule has 0 atom stereocenters. The summed E-state index contributed by atoms with van der Waals surface area (Å²) in [6.45, 7) is 32.6. The van der Waals surface area contributed by atoms with E-state index < -0.39 is 0 Å². The molecule has 11 aromatic carbocycles. The van der Waals surface area contributed by atoms with Crippen LogP contribution < -0.4 is 0 Å². The first-order valence-corrected chi connectivity index (χ1v) is 23.6. The van der Waals surface area contributed by atoms with Gasteiger partial charge in [-0.2, -0.15) is 0 Å². The molecule has 0 bridgehead atoms. The zero-order valence-corrected chi connectivity index (χ0v) is 40.5. The molecule has 0 fully saturated rings. The third-order valence-corrected chi connectivity index (χ3v) is 14.8. The van der Waals surface area contributed by atoms with Crippen LogP contribution in [-0.2, 0) is 21.7 Å². The smallest absolute Gasteiger partial charge is 0.00195 e. The van der Waals surface area contributed by atoms with Crippen LogP contribution in [0.5, 0.6) is 0 Å². The third kappa shape index (κ3) is 6.23. The maximum absolute atomic E-state index is 2.54. The van der Waals surface area contributed by atoms with E-state index in [1.807, 2.05) is 0 Å². The average molecular weight is 831 g/mol. The average Bonchev–Trinajstić information content (AvgIpc) is 3.70. The molecule has 0 spiro atoms. The van der Waals surface area contributed by atoms with Gasteiger partial charge in [-0.3, -0.25) is 0 Å². The van der Waals surface area contributed by atoms with Crippen molar-refractivity contribution in [2.24, 2.45) is 0 Å². The van der Waals surface area contributed by atoms with Crippen molar-refractivity contribution >= 4 is 86.2 Å². The van der Waals surface area contributed by atoms with Crippen LogP contribution in [0.4, 0.5) is 0 Å².